The van der Waals surface area contributed by atoms with Gasteiger partial charge in [-0.15, -0.1) is 0 Å². The van der Waals surface area contributed by atoms with Gasteiger partial charge in [0.2, 0.25) is 0 Å². The largest absolute Gasteiger partial charge is 0.491 e. The van der Waals surface area contributed by atoms with Gasteiger partial charge in [-0.05, 0) is 50.5 Å². The van der Waals surface area contributed by atoms with Crippen LogP contribution in [0.3, 0.4) is 0 Å². The maximum atomic E-state index is 6.02. The molecule has 0 aliphatic heterocycles. The molecule has 0 saturated heterocycles. The highest BCUT2D eigenvalue weighted by Gasteiger charge is 2.06. The third kappa shape index (κ3) is 9.29. The van der Waals surface area contributed by atoms with Crippen molar-refractivity contribution < 1.29 is 9.47 Å². The Morgan fingerprint density at radius 1 is 0.759 bits per heavy atom. The Morgan fingerprint density at radius 2 is 1.38 bits per heavy atom. The topological polar surface area (TPSA) is 44.2 Å². The number of aromatic nitrogens is 2. The summed E-state index contributed by atoms with van der Waals surface area (Å²) in [6.45, 7) is 7.34. The molecule has 0 amide bonds. The van der Waals surface area contributed by atoms with Crippen molar-refractivity contribution >= 4 is 0 Å². The summed E-state index contributed by atoms with van der Waals surface area (Å²) in [7, 11) is 0. The van der Waals surface area contributed by atoms with Gasteiger partial charge in [0, 0.05) is 5.56 Å². The first-order valence-electron chi connectivity index (χ1n) is 11.4. The van der Waals surface area contributed by atoms with E-state index < -0.39 is 0 Å². The van der Waals surface area contributed by atoms with Crippen LogP contribution in [-0.2, 0) is 0 Å². The van der Waals surface area contributed by atoms with Crippen molar-refractivity contribution in [3.8, 4) is 22.9 Å². The van der Waals surface area contributed by atoms with Gasteiger partial charge in [0.05, 0.1) is 25.1 Å². The molecule has 1 aromatic heterocycles. The molecule has 0 spiro atoms. The average molecular weight is 399 g/mol. The Balaban J connectivity index is 1.76. The molecule has 160 valence electrons. The number of unbranched alkanes of at least 4 members (excludes halogenated alkanes) is 7. The second-order valence-electron chi connectivity index (χ2n) is 7.81. The third-order valence-electron chi connectivity index (χ3n) is 5.06. The van der Waals surface area contributed by atoms with Crippen LogP contribution in [-0.4, -0.2) is 22.7 Å². The molecule has 0 fully saturated rings. The summed E-state index contributed by atoms with van der Waals surface area (Å²) in [4.78, 5) is 8.90. The second-order valence-corrected chi connectivity index (χ2v) is 7.81. The van der Waals surface area contributed by atoms with Gasteiger partial charge in [0.25, 0.3) is 0 Å². The smallest absolute Gasteiger partial charge is 0.159 e. The van der Waals surface area contributed by atoms with Gasteiger partial charge in [-0.2, -0.15) is 0 Å². The van der Waals surface area contributed by atoms with Gasteiger partial charge < -0.3 is 9.47 Å². The summed E-state index contributed by atoms with van der Waals surface area (Å²) in [5.41, 5.74) is 0.985. The molecule has 2 rings (SSSR count). The summed E-state index contributed by atoms with van der Waals surface area (Å²) < 4.78 is 11.8. The molecule has 29 heavy (non-hydrogen) atoms. The fraction of sp³-hybridized carbons (Fsp3) is 0.600. The zero-order valence-electron chi connectivity index (χ0n) is 18.5. The second kappa shape index (κ2) is 14.0. The van der Waals surface area contributed by atoms with Crippen LogP contribution in [0.2, 0.25) is 0 Å². The Labute approximate surface area is 177 Å². The molecule has 0 bridgehead atoms. The number of benzene rings is 1. The van der Waals surface area contributed by atoms with Crippen molar-refractivity contribution in [2.45, 2.75) is 91.1 Å². The summed E-state index contributed by atoms with van der Waals surface area (Å²) in [6, 6.07) is 8.04. The minimum atomic E-state index is 0.243. The van der Waals surface area contributed by atoms with E-state index in [0.29, 0.717) is 5.82 Å². The first kappa shape index (κ1) is 23.2. The molecular formula is C25H38N2O2. The van der Waals surface area contributed by atoms with Crippen LogP contribution in [0, 0.1) is 0 Å². The Hall–Kier alpha value is -2.10. The van der Waals surface area contributed by atoms with Gasteiger partial charge in [-0.25, -0.2) is 9.97 Å². The predicted octanol–water partition coefficient (Wildman–Crippen LogP) is 7.23. The minimum Gasteiger partial charge on any atom is -0.491 e. The molecule has 4 heteroatoms. The van der Waals surface area contributed by atoms with Gasteiger partial charge >= 0.3 is 0 Å². The zero-order valence-corrected chi connectivity index (χ0v) is 18.5. The summed E-state index contributed by atoms with van der Waals surface area (Å²) in [6.07, 6.45) is 16.1. The van der Waals surface area contributed by atoms with Gasteiger partial charge in [0.1, 0.15) is 5.75 Å². The lowest BCUT2D eigenvalue weighted by molar-refractivity contribution is 0.206. The summed E-state index contributed by atoms with van der Waals surface area (Å²) >= 11 is 0. The van der Waals surface area contributed by atoms with Gasteiger partial charge in [0.15, 0.2) is 11.6 Å². The normalized spacial score (nSPS) is 12.0. The van der Waals surface area contributed by atoms with E-state index in [0.717, 1.165) is 36.5 Å². The number of ether oxygens (including phenoxy) is 2. The lowest BCUT2D eigenvalue weighted by Crippen LogP contribution is -2.11. The van der Waals surface area contributed by atoms with E-state index in [9.17, 15) is 0 Å². The van der Waals surface area contributed by atoms with Crippen molar-refractivity contribution in [3.63, 3.8) is 0 Å². The highest BCUT2D eigenvalue weighted by Crippen LogP contribution is 2.22. The van der Waals surface area contributed by atoms with E-state index in [1.54, 1.807) is 12.4 Å². The fourth-order valence-corrected chi connectivity index (χ4v) is 3.27. The van der Waals surface area contributed by atoms with Crippen LogP contribution in [0.15, 0.2) is 36.7 Å². The zero-order chi connectivity index (χ0) is 20.7. The molecule has 0 radical (unpaired) electrons. The lowest BCUT2D eigenvalue weighted by atomic mass is 10.1. The minimum absolute atomic E-state index is 0.243. The van der Waals surface area contributed by atoms with Crippen molar-refractivity contribution in [3.05, 3.63) is 36.7 Å². The standard InChI is InChI=1S/C25H38N2O2/c1-4-6-8-10-12-18-28-24-19-26-25(27-20-24)22-14-16-23(17-15-22)29-21(3)13-11-9-7-5-2/h14-17,19-21H,4-13,18H2,1-3H3. The maximum absolute atomic E-state index is 6.02. The van der Waals surface area contributed by atoms with Gasteiger partial charge in [-0.1, -0.05) is 58.8 Å². The van der Waals surface area contributed by atoms with E-state index in [2.05, 4.69) is 30.7 Å². The highest BCUT2D eigenvalue weighted by atomic mass is 16.5. The quantitative estimate of drug-likeness (QED) is 0.297. The summed E-state index contributed by atoms with van der Waals surface area (Å²) in [5, 5.41) is 0. The molecular weight excluding hydrogens is 360 g/mol. The molecule has 0 saturated carbocycles. The Morgan fingerprint density at radius 3 is 2.03 bits per heavy atom. The summed E-state index contributed by atoms with van der Waals surface area (Å²) in [5.74, 6) is 2.35. The fourth-order valence-electron chi connectivity index (χ4n) is 3.27. The molecule has 1 unspecified atom stereocenters. The van der Waals surface area contributed by atoms with E-state index >= 15 is 0 Å². The van der Waals surface area contributed by atoms with Crippen molar-refractivity contribution in [1.29, 1.82) is 0 Å². The van der Waals surface area contributed by atoms with Crippen LogP contribution in [0.5, 0.6) is 11.5 Å². The van der Waals surface area contributed by atoms with Crippen LogP contribution < -0.4 is 9.47 Å². The monoisotopic (exact) mass is 398 g/mol. The van der Waals surface area contributed by atoms with E-state index in [1.165, 1.54) is 51.4 Å². The number of hydrogen-bond acceptors (Lipinski definition) is 4. The number of hydrogen-bond donors (Lipinski definition) is 0. The van der Waals surface area contributed by atoms with Gasteiger partial charge in [-0.3, -0.25) is 0 Å². The first-order valence-corrected chi connectivity index (χ1v) is 11.4. The molecule has 0 aliphatic rings. The Kier molecular flexibility index (Phi) is 11.2. The van der Waals surface area contributed by atoms with E-state index in [1.807, 2.05) is 24.3 Å². The van der Waals surface area contributed by atoms with Crippen LogP contribution in [0.25, 0.3) is 11.4 Å². The Bertz CT molecular complexity index is 656. The molecule has 2 aromatic rings. The molecule has 1 atom stereocenters. The highest BCUT2D eigenvalue weighted by molar-refractivity contribution is 5.56. The predicted molar refractivity (Wildman–Crippen MR) is 121 cm³/mol. The van der Waals surface area contributed by atoms with Crippen LogP contribution in [0.4, 0.5) is 0 Å². The van der Waals surface area contributed by atoms with E-state index in [-0.39, 0.29) is 6.10 Å². The molecule has 1 aromatic carbocycles. The number of rotatable bonds is 15. The first-order chi connectivity index (χ1) is 14.2. The SMILES string of the molecule is CCCCCCCOc1cnc(-c2ccc(OC(C)CCCCCC)cc2)nc1. The third-order valence-corrected chi connectivity index (χ3v) is 5.06. The molecule has 0 N–H and O–H groups in total. The molecule has 4 nitrogen and oxygen atoms in total. The average Bonchev–Trinajstić information content (AvgIpc) is 2.75. The lowest BCUT2D eigenvalue weighted by Gasteiger charge is -2.14. The van der Waals surface area contributed by atoms with Crippen molar-refractivity contribution in [1.82, 2.24) is 9.97 Å². The number of nitrogens with zero attached hydrogens (tertiary/aromatic N) is 2. The van der Waals surface area contributed by atoms with Crippen molar-refractivity contribution in [2.24, 2.45) is 0 Å². The molecule has 0 aliphatic carbocycles. The van der Waals surface area contributed by atoms with E-state index in [4.69, 9.17) is 9.47 Å². The molecule has 1 heterocycles. The van der Waals surface area contributed by atoms with Crippen LogP contribution >= 0.6 is 0 Å². The van der Waals surface area contributed by atoms with Crippen LogP contribution in [0.1, 0.15) is 85.0 Å². The maximum Gasteiger partial charge on any atom is 0.159 e. The van der Waals surface area contributed by atoms with Crippen molar-refractivity contribution in [2.75, 3.05) is 6.61 Å².